The fourth-order valence-electron chi connectivity index (χ4n) is 3.85. The van der Waals surface area contributed by atoms with E-state index in [1.165, 1.54) is 7.11 Å². The highest BCUT2D eigenvalue weighted by Crippen LogP contribution is 2.28. The SMILES string of the molecule is COc1nn(C)cc1C(=O)N1CCC(c2nnc3ccc(-n4cccn4)nn23)CC1. The molecule has 1 saturated heterocycles. The molecule has 11 nitrogen and oxygen atoms in total. The molecule has 0 N–H and O–H groups in total. The van der Waals surface area contributed by atoms with Gasteiger partial charge in [-0.3, -0.25) is 9.48 Å². The molecule has 0 spiro atoms. The maximum Gasteiger partial charge on any atom is 0.260 e. The van der Waals surface area contributed by atoms with E-state index in [0.29, 0.717) is 36.0 Å². The molecular weight excluding hydrogens is 386 g/mol. The highest BCUT2D eigenvalue weighted by molar-refractivity contribution is 5.96. The number of likely N-dealkylation sites (tertiary alicyclic amines) is 1. The maximum absolute atomic E-state index is 12.9. The number of nitrogens with zero attached hydrogens (tertiary/aromatic N) is 9. The van der Waals surface area contributed by atoms with Crippen LogP contribution in [0, 0.1) is 0 Å². The summed E-state index contributed by atoms with van der Waals surface area (Å²) in [6.07, 6.45) is 6.81. The van der Waals surface area contributed by atoms with Crippen molar-refractivity contribution in [3.8, 4) is 11.7 Å². The van der Waals surface area contributed by atoms with Crippen molar-refractivity contribution in [3.05, 3.63) is 48.2 Å². The van der Waals surface area contributed by atoms with E-state index in [9.17, 15) is 4.79 Å². The highest BCUT2D eigenvalue weighted by atomic mass is 16.5. The third-order valence-electron chi connectivity index (χ3n) is 5.38. The van der Waals surface area contributed by atoms with E-state index in [-0.39, 0.29) is 11.8 Å². The molecule has 154 valence electrons. The van der Waals surface area contributed by atoms with E-state index >= 15 is 0 Å². The van der Waals surface area contributed by atoms with Crippen LogP contribution in [0.3, 0.4) is 0 Å². The monoisotopic (exact) mass is 407 g/mol. The number of methoxy groups -OCH3 is 1. The zero-order valence-corrected chi connectivity index (χ0v) is 16.7. The number of hydrogen-bond donors (Lipinski definition) is 0. The minimum Gasteiger partial charge on any atom is -0.479 e. The Morgan fingerprint density at radius 2 is 2.00 bits per heavy atom. The molecule has 0 aliphatic carbocycles. The average molecular weight is 407 g/mol. The quantitative estimate of drug-likeness (QED) is 0.498. The van der Waals surface area contributed by atoms with Gasteiger partial charge in [0.05, 0.1) is 7.11 Å². The largest absolute Gasteiger partial charge is 0.479 e. The van der Waals surface area contributed by atoms with Crippen LogP contribution in [0.1, 0.15) is 34.9 Å². The van der Waals surface area contributed by atoms with Crippen molar-refractivity contribution < 1.29 is 9.53 Å². The predicted octanol–water partition coefficient (Wildman–Crippen LogP) is 1.07. The number of ether oxygens (including phenoxy) is 1. The molecule has 5 rings (SSSR count). The lowest BCUT2D eigenvalue weighted by molar-refractivity contribution is 0.0707. The Hall–Kier alpha value is -3.76. The summed E-state index contributed by atoms with van der Waals surface area (Å²) in [6, 6.07) is 5.60. The Morgan fingerprint density at radius 3 is 2.73 bits per heavy atom. The second-order valence-corrected chi connectivity index (χ2v) is 7.26. The van der Waals surface area contributed by atoms with Crippen LogP contribution in [-0.2, 0) is 7.05 Å². The lowest BCUT2D eigenvalue weighted by Gasteiger charge is -2.30. The lowest BCUT2D eigenvalue weighted by Crippen LogP contribution is -2.38. The van der Waals surface area contributed by atoms with Gasteiger partial charge in [0.25, 0.3) is 5.91 Å². The number of aryl methyl sites for hydroxylation is 1. The number of fused-ring (bicyclic) bond motifs is 1. The third-order valence-corrected chi connectivity index (χ3v) is 5.38. The molecule has 0 atom stereocenters. The van der Waals surface area contributed by atoms with E-state index in [0.717, 1.165) is 18.7 Å². The number of amides is 1. The van der Waals surface area contributed by atoms with E-state index in [2.05, 4.69) is 25.5 Å². The summed E-state index contributed by atoms with van der Waals surface area (Å²) < 4.78 is 10.3. The van der Waals surface area contributed by atoms with Crippen molar-refractivity contribution in [2.75, 3.05) is 20.2 Å². The molecule has 0 saturated carbocycles. The molecular formula is C19H21N9O2. The summed E-state index contributed by atoms with van der Waals surface area (Å²) >= 11 is 0. The number of carbonyl (C=O) groups is 1. The van der Waals surface area contributed by atoms with Crippen LogP contribution in [0.2, 0.25) is 0 Å². The fraction of sp³-hybridized carbons (Fsp3) is 0.368. The van der Waals surface area contributed by atoms with E-state index in [1.54, 1.807) is 33.3 Å². The summed E-state index contributed by atoms with van der Waals surface area (Å²) in [7, 11) is 3.29. The second kappa shape index (κ2) is 7.25. The molecule has 1 fully saturated rings. The Bertz CT molecular complexity index is 1190. The maximum atomic E-state index is 12.9. The van der Waals surface area contributed by atoms with E-state index < -0.39 is 0 Å². The van der Waals surface area contributed by atoms with Crippen LogP contribution in [0.25, 0.3) is 11.5 Å². The minimum atomic E-state index is -0.0661. The standard InChI is InChI=1S/C19H21N9O2/c1-25-12-14(18(24-25)30-2)19(29)26-10-6-13(7-11-26)17-22-21-15-4-5-16(23-28(15)17)27-9-3-8-20-27/h3-5,8-9,12-13H,6-7,10-11H2,1-2H3. The van der Waals surface area contributed by atoms with Crippen LogP contribution >= 0.6 is 0 Å². The van der Waals surface area contributed by atoms with Crippen molar-refractivity contribution in [1.29, 1.82) is 0 Å². The molecule has 11 heteroatoms. The first kappa shape index (κ1) is 18.3. The lowest BCUT2D eigenvalue weighted by atomic mass is 9.95. The molecule has 30 heavy (non-hydrogen) atoms. The van der Waals surface area contributed by atoms with Gasteiger partial charge in [-0.15, -0.1) is 20.4 Å². The van der Waals surface area contributed by atoms with Crippen LogP contribution in [0.5, 0.6) is 5.88 Å². The number of hydrogen-bond acceptors (Lipinski definition) is 7. The smallest absolute Gasteiger partial charge is 0.260 e. The normalized spacial score (nSPS) is 15.1. The van der Waals surface area contributed by atoms with Gasteiger partial charge in [0.1, 0.15) is 5.56 Å². The minimum absolute atomic E-state index is 0.0661. The van der Waals surface area contributed by atoms with Crippen LogP contribution in [-0.4, -0.2) is 70.4 Å². The van der Waals surface area contributed by atoms with Gasteiger partial charge in [-0.1, -0.05) is 0 Å². The molecule has 5 heterocycles. The summed E-state index contributed by atoms with van der Waals surface area (Å²) in [6.45, 7) is 1.24. The Labute approximate surface area is 171 Å². The van der Waals surface area contributed by atoms with Gasteiger partial charge in [-0.2, -0.15) is 9.61 Å². The summed E-state index contributed by atoms with van der Waals surface area (Å²) in [5, 5.41) is 21.7. The Balaban J connectivity index is 1.35. The average Bonchev–Trinajstić information content (AvgIpc) is 3.52. The first-order valence-corrected chi connectivity index (χ1v) is 9.73. The van der Waals surface area contributed by atoms with Crippen molar-refractivity contribution in [1.82, 2.24) is 44.3 Å². The molecule has 1 amide bonds. The molecule has 0 unspecified atom stereocenters. The topological polar surface area (TPSA) is 108 Å². The van der Waals surface area contributed by atoms with Crippen molar-refractivity contribution in [3.63, 3.8) is 0 Å². The predicted molar refractivity (Wildman–Crippen MR) is 106 cm³/mol. The fourth-order valence-corrected chi connectivity index (χ4v) is 3.85. The van der Waals surface area contributed by atoms with Crippen LogP contribution in [0.15, 0.2) is 36.8 Å². The molecule has 0 bridgehead atoms. The molecule has 4 aromatic heterocycles. The van der Waals surface area contributed by atoms with Crippen molar-refractivity contribution in [2.45, 2.75) is 18.8 Å². The highest BCUT2D eigenvalue weighted by Gasteiger charge is 2.30. The Morgan fingerprint density at radius 1 is 1.17 bits per heavy atom. The van der Waals surface area contributed by atoms with Gasteiger partial charge in [-0.25, -0.2) is 4.68 Å². The van der Waals surface area contributed by atoms with Crippen molar-refractivity contribution in [2.24, 2.45) is 7.05 Å². The van der Waals surface area contributed by atoms with Crippen LogP contribution < -0.4 is 4.74 Å². The van der Waals surface area contributed by atoms with E-state index in [1.807, 2.05) is 29.3 Å². The molecule has 0 radical (unpaired) electrons. The van der Waals surface area contributed by atoms with Gasteiger partial charge in [0.15, 0.2) is 17.3 Å². The Kier molecular flexibility index (Phi) is 4.42. The molecule has 1 aliphatic rings. The summed E-state index contributed by atoms with van der Waals surface area (Å²) in [4.78, 5) is 14.7. The number of rotatable bonds is 4. The number of carbonyl (C=O) groups excluding carboxylic acids is 1. The number of aromatic nitrogens is 8. The van der Waals surface area contributed by atoms with Gasteiger partial charge < -0.3 is 9.64 Å². The number of piperidine rings is 1. The van der Waals surface area contributed by atoms with Crippen LogP contribution in [0.4, 0.5) is 0 Å². The first-order valence-electron chi connectivity index (χ1n) is 9.73. The van der Waals surface area contributed by atoms with Gasteiger partial charge in [0, 0.05) is 44.6 Å². The second-order valence-electron chi connectivity index (χ2n) is 7.26. The van der Waals surface area contributed by atoms with Gasteiger partial charge >= 0.3 is 0 Å². The van der Waals surface area contributed by atoms with Gasteiger partial charge in [0.2, 0.25) is 5.88 Å². The van der Waals surface area contributed by atoms with Crippen molar-refractivity contribution >= 4 is 11.6 Å². The summed E-state index contributed by atoms with van der Waals surface area (Å²) in [5.74, 6) is 1.96. The zero-order valence-electron chi connectivity index (χ0n) is 16.7. The molecule has 1 aliphatic heterocycles. The zero-order chi connectivity index (χ0) is 20.7. The summed E-state index contributed by atoms with van der Waals surface area (Å²) in [5.41, 5.74) is 1.18. The van der Waals surface area contributed by atoms with E-state index in [4.69, 9.17) is 4.74 Å². The van der Waals surface area contributed by atoms with Gasteiger partial charge in [-0.05, 0) is 31.0 Å². The first-order chi connectivity index (χ1) is 14.6. The molecule has 4 aromatic rings. The molecule has 0 aromatic carbocycles. The third kappa shape index (κ3) is 3.08.